The zero-order chi connectivity index (χ0) is 13.7. The average Bonchev–Trinajstić information content (AvgIpc) is 2.93. The second kappa shape index (κ2) is 7.03. The Labute approximate surface area is 118 Å². The SMILES string of the molecule is CCC1CCCC(OCc2ccsc2C(=O)NN)C1. The molecule has 19 heavy (non-hydrogen) atoms. The Morgan fingerprint density at radius 2 is 2.42 bits per heavy atom. The highest BCUT2D eigenvalue weighted by molar-refractivity contribution is 7.12. The van der Waals surface area contributed by atoms with Crippen molar-refractivity contribution in [2.45, 2.75) is 51.7 Å². The van der Waals surface area contributed by atoms with E-state index < -0.39 is 0 Å². The van der Waals surface area contributed by atoms with Gasteiger partial charge in [0.2, 0.25) is 0 Å². The molecule has 0 bridgehead atoms. The standard InChI is InChI=1S/C14H22N2O2S/c1-2-10-4-3-5-12(8-10)18-9-11-6-7-19-13(11)14(17)16-15/h6-7,10,12H,2-5,8-9,15H2,1H3,(H,16,17). The van der Waals surface area contributed by atoms with E-state index in [0.717, 1.165) is 24.3 Å². The topological polar surface area (TPSA) is 64.3 Å². The molecule has 1 amide bonds. The maximum Gasteiger partial charge on any atom is 0.275 e. The number of rotatable bonds is 5. The van der Waals surface area contributed by atoms with Gasteiger partial charge in [0.05, 0.1) is 17.6 Å². The molecule has 2 rings (SSSR count). The summed E-state index contributed by atoms with van der Waals surface area (Å²) in [5.41, 5.74) is 3.11. The molecule has 0 radical (unpaired) electrons. The molecular weight excluding hydrogens is 260 g/mol. The van der Waals surface area contributed by atoms with E-state index in [-0.39, 0.29) is 5.91 Å². The number of carbonyl (C=O) groups excluding carboxylic acids is 1. The number of thiophene rings is 1. The molecule has 2 atom stereocenters. The zero-order valence-corrected chi connectivity index (χ0v) is 12.2. The molecule has 1 aromatic rings. The minimum absolute atomic E-state index is 0.233. The Kier molecular flexibility index (Phi) is 5.36. The van der Waals surface area contributed by atoms with E-state index in [1.807, 2.05) is 11.4 Å². The van der Waals surface area contributed by atoms with Gasteiger partial charge in [0.15, 0.2) is 0 Å². The molecule has 2 unspecified atom stereocenters. The fraction of sp³-hybridized carbons (Fsp3) is 0.643. The highest BCUT2D eigenvalue weighted by atomic mass is 32.1. The number of ether oxygens (including phenoxy) is 1. The first-order chi connectivity index (χ1) is 9.24. The van der Waals surface area contributed by atoms with Crippen LogP contribution in [0.2, 0.25) is 0 Å². The minimum atomic E-state index is -0.233. The van der Waals surface area contributed by atoms with Crippen molar-refractivity contribution < 1.29 is 9.53 Å². The van der Waals surface area contributed by atoms with E-state index in [2.05, 4.69) is 12.3 Å². The van der Waals surface area contributed by atoms with Crippen molar-refractivity contribution in [2.75, 3.05) is 0 Å². The first-order valence-electron chi connectivity index (χ1n) is 6.93. The van der Waals surface area contributed by atoms with Gasteiger partial charge >= 0.3 is 0 Å². The van der Waals surface area contributed by atoms with Crippen LogP contribution in [0.25, 0.3) is 0 Å². The van der Waals surface area contributed by atoms with Gasteiger partial charge in [0.25, 0.3) is 5.91 Å². The van der Waals surface area contributed by atoms with Gasteiger partial charge in [-0.3, -0.25) is 10.2 Å². The van der Waals surface area contributed by atoms with Crippen molar-refractivity contribution in [1.82, 2.24) is 5.43 Å². The number of hydrogen-bond acceptors (Lipinski definition) is 4. The molecule has 1 aliphatic rings. The van der Waals surface area contributed by atoms with Crippen molar-refractivity contribution in [3.05, 3.63) is 21.9 Å². The second-order valence-electron chi connectivity index (χ2n) is 5.12. The van der Waals surface area contributed by atoms with E-state index in [1.165, 1.54) is 30.6 Å². The van der Waals surface area contributed by atoms with Crippen molar-refractivity contribution in [3.63, 3.8) is 0 Å². The van der Waals surface area contributed by atoms with Crippen LogP contribution in [0.15, 0.2) is 11.4 Å². The van der Waals surface area contributed by atoms with Gasteiger partial charge in [-0.25, -0.2) is 5.84 Å². The van der Waals surface area contributed by atoms with E-state index >= 15 is 0 Å². The number of nitrogens with two attached hydrogens (primary N) is 1. The van der Waals surface area contributed by atoms with Gasteiger partial charge in [-0.1, -0.05) is 26.2 Å². The first kappa shape index (κ1) is 14.5. The van der Waals surface area contributed by atoms with Gasteiger partial charge in [0.1, 0.15) is 0 Å². The summed E-state index contributed by atoms with van der Waals surface area (Å²) in [6.45, 7) is 2.75. The monoisotopic (exact) mass is 282 g/mol. The van der Waals surface area contributed by atoms with Crippen LogP contribution < -0.4 is 11.3 Å². The largest absolute Gasteiger partial charge is 0.373 e. The average molecular weight is 282 g/mol. The molecule has 1 saturated carbocycles. The minimum Gasteiger partial charge on any atom is -0.373 e. The molecule has 1 heterocycles. The predicted octanol–water partition coefficient (Wildman–Crippen LogP) is 2.84. The van der Waals surface area contributed by atoms with Gasteiger partial charge in [-0.2, -0.15) is 0 Å². The lowest BCUT2D eigenvalue weighted by Gasteiger charge is -2.28. The lowest BCUT2D eigenvalue weighted by Crippen LogP contribution is -2.30. The highest BCUT2D eigenvalue weighted by Crippen LogP contribution is 2.29. The van der Waals surface area contributed by atoms with Gasteiger partial charge in [-0.15, -0.1) is 11.3 Å². The molecule has 0 aromatic carbocycles. The predicted molar refractivity (Wildman–Crippen MR) is 76.8 cm³/mol. The summed E-state index contributed by atoms with van der Waals surface area (Å²) in [7, 11) is 0. The van der Waals surface area contributed by atoms with Crippen LogP contribution in [-0.2, 0) is 11.3 Å². The first-order valence-corrected chi connectivity index (χ1v) is 7.81. The van der Waals surface area contributed by atoms with E-state index in [4.69, 9.17) is 10.6 Å². The molecule has 1 fully saturated rings. The molecule has 1 aliphatic carbocycles. The molecular formula is C14H22N2O2S. The van der Waals surface area contributed by atoms with Crippen molar-refractivity contribution in [3.8, 4) is 0 Å². The summed E-state index contributed by atoms with van der Waals surface area (Å²) in [5.74, 6) is 5.74. The van der Waals surface area contributed by atoms with Crippen molar-refractivity contribution in [2.24, 2.45) is 11.8 Å². The third-order valence-electron chi connectivity index (χ3n) is 3.87. The van der Waals surface area contributed by atoms with Crippen LogP contribution in [0.3, 0.4) is 0 Å². The highest BCUT2D eigenvalue weighted by Gasteiger charge is 2.22. The molecule has 0 aliphatic heterocycles. The van der Waals surface area contributed by atoms with Crippen molar-refractivity contribution >= 4 is 17.2 Å². The summed E-state index contributed by atoms with van der Waals surface area (Å²) < 4.78 is 5.98. The maximum absolute atomic E-state index is 11.6. The van der Waals surface area contributed by atoms with Crippen LogP contribution in [0.5, 0.6) is 0 Å². The Hall–Kier alpha value is -0.910. The second-order valence-corrected chi connectivity index (χ2v) is 6.04. The third-order valence-corrected chi connectivity index (χ3v) is 4.83. The number of nitrogens with one attached hydrogen (secondary N) is 1. The van der Waals surface area contributed by atoms with Gasteiger partial charge < -0.3 is 4.74 Å². The Morgan fingerprint density at radius 1 is 1.58 bits per heavy atom. The van der Waals surface area contributed by atoms with Crippen LogP contribution in [-0.4, -0.2) is 12.0 Å². The number of carbonyl (C=O) groups is 1. The normalized spacial score (nSPS) is 23.3. The summed E-state index contributed by atoms with van der Waals surface area (Å²) in [6.07, 6.45) is 6.45. The van der Waals surface area contributed by atoms with Crippen LogP contribution >= 0.6 is 11.3 Å². The lowest BCUT2D eigenvalue weighted by molar-refractivity contribution is 0.00165. The van der Waals surface area contributed by atoms with Crippen LogP contribution in [0.4, 0.5) is 0 Å². The summed E-state index contributed by atoms with van der Waals surface area (Å²) in [4.78, 5) is 12.2. The summed E-state index contributed by atoms with van der Waals surface area (Å²) in [5, 5.41) is 1.90. The lowest BCUT2D eigenvalue weighted by atomic mass is 9.85. The fourth-order valence-electron chi connectivity index (χ4n) is 2.69. The quantitative estimate of drug-likeness (QED) is 0.496. The zero-order valence-electron chi connectivity index (χ0n) is 11.4. The molecule has 5 heteroatoms. The Bertz CT molecular complexity index is 419. The van der Waals surface area contributed by atoms with E-state index in [9.17, 15) is 4.79 Å². The smallest absolute Gasteiger partial charge is 0.275 e. The number of nitrogen functional groups attached to an aromatic ring is 1. The number of hydrazine groups is 1. The number of hydrogen-bond donors (Lipinski definition) is 2. The van der Waals surface area contributed by atoms with Crippen LogP contribution in [0.1, 0.15) is 54.3 Å². The summed E-state index contributed by atoms with van der Waals surface area (Å²) >= 11 is 1.40. The molecule has 4 nitrogen and oxygen atoms in total. The van der Waals surface area contributed by atoms with E-state index in [0.29, 0.717) is 17.6 Å². The Balaban J connectivity index is 1.88. The van der Waals surface area contributed by atoms with E-state index in [1.54, 1.807) is 0 Å². The summed E-state index contributed by atoms with van der Waals surface area (Å²) in [6, 6.07) is 1.94. The Morgan fingerprint density at radius 3 is 3.16 bits per heavy atom. The molecule has 106 valence electrons. The molecule has 1 aromatic heterocycles. The maximum atomic E-state index is 11.6. The number of amides is 1. The molecule has 0 spiro atoms. The molecule has 3 N–H and O–H groups in total. The third kappa shape index (κ3) is 3.78. The molecule has 0 saturated heterocycles. The van der Waals surface area contributed by atoms with Crippen molar-refractivity contribution in [1.29, 1.82) is 0 Å². The van der Waals surface area contributed by atoms with Crippen LogP contribution in [0, 0.1) is 5.92 Å². The fourth-order valence-corrected chi connectivity index (χ4v) is 3.50. The van der Waals surface area contributed by atoms with Gasteiger partial charge in [-0.05, 0) is 30.2 Å². The van der Waals surface area contributed by atoms with Gasteiger partial charge in [0, 0.05) is 5.56 Å².